The summed E-state index contributed by atoms with van der Waals surface area (Å²) in [5, 5.41) is 10.8. The van der Waals surface area contributed by atoms with E-state index in [0.717, 1.165) is 27.8 Å². The summed E-state index contributed by atoms with van der Waals surface area (Å²) < 4.78 is 0. The third-order valence-corrected chi connectivity index (χ3v) is 7.34. The van der Waals surface area contributed by atoms with E-state index in [1.807, 2.05) is 79.7 Å². The largest absolute Gasteiger partial charge is 0.395 e. The number of benzene rings is 3. The van der Waals surface area contributed by atoms with E-state index in [-0.39, 0.29) is 24.3 Å². The molecule has 0 unspecified atom stereocenters. The Kier molecular flexibility index (Phi) is 3.46. The van der Waals surface area contributed by atoms with Crippen molar-refractivity contribution in [1.82, 2.24) is 0 Å². The number of hydrogen-bond acceptors (Lipinski definition) is 3. The molecule has 3 aromatic carbocycles. The molecule has 30 heavy (non-hydrogen) atoms. The number of amides is 2. The van der Waals surface area contributed by atoms with Gasteiger partial charge in [-0.25, -0.2) is 4.90 Å². The Balaban J connectivity index is 1.63. The lowest BCUT2D eigenvalue weighted by molar-refractivity contribution is -0.124. The number of anilines is 1. The molecule has 1 aliphatic heterocycles. The summed E-state index contributed by atoms with van der Waals surface area (Å²) >= 11 is 0. The second kappa shape index (κ2) is 5.89. The topological polar surface area (TPSA) is 57.6 Å². The summed E-state index contributed by atoms with van der Waals surface area (Å²) in [6.07, 6.45) is 0. The zero-order valence-electron chi connectivity index (χ0n) is 16.6. The van der Waals surface area contributed by atoms with Crippen LogP contribution in [0.4, 0.5) is 5.69 Å². The van der Waals surface area contributed by atoms with Gasteiger partial charge in [0.2, 0.25) is 11.8 Å². The number of aliphatic hydroxyl groups excluding tert-OH is 1. The van der Waals surface area contributed by atoms with Crippen LogP contribution in [0.25, 0.3) is 0 Å². The molecule has 2 bridgehead atoms. The van der Waals surface area contributed by atoms with E-state index in [1.165, 1.54) is 4.90 Å². The van der Waals surface area contributed by atoms with Crippen LogP contribution in [0.5, 0.6) is 0 Å². The number of carbonyl (C=O) groups excluding carboxylic acids is 2. The molecule has 0 aromatic heterocycles. The van der Waals surface area contributed by atoms with E-state index < -0.39 is 17.3 Å². The molecular formula is C26H21NO3. The summed E-state index contributed by atoms with van der Waals surface area (Å²) in [7, 11) is 0. The van der Waals surface area contributed by atoms with Gasteiger partial charge in [-0.2, -0.15) is 0 Å². The van der Waals surface area contributed by atoms with Crippen LogP contribution in [-0.4, -0.2) is 23.5 Å². The van der Waals surface area contributed by atoms with Crippen LogP contribution < -0.4 is 4.90 Å². The van der Waals surface area contributed by atoms with Gasteiger partial charge in [-0.15, -0.1) is 0 Å². The van der Waals surface area contributed by atoms with Crippen molar-refractivity contribution in [1.29, 1.82) is 0 Å². The third kappa shape index (κ3) is 1.90. The maximum absolute atomic E-state index is 13.8. The first-order valence-electron chi connectivity index (χ1n) is 10.3. The van der Waals surface area contributed by atoms with E-state index in [4.69, 9.17) is 0 Å². The number of aryl methyl sites for hydroxylation is 1. The minimum atomic E-state index is -0.904. The van der Waals surface area contributed by atoms with Crippen LogP contribution in [0.1, 0.15) is 33.7 Å². The van der Waals surface area contributed by atoms with Gasteiger partial charge in [0.1, 0.15) is 0 Å². The average molecular weight is 395 g/mol. The van der Waals surface area contributed by atoms with Crippen molar-refractivity contribution in [2.45, 2.75) is 18.3 Å². The second-order valence-electron chi connectivity index (χ2n) is 8.63. The van der Waals surface area contributed by atoms with Crippen LogP contribution in [0, 0.1) is 18.8 Å². The fourth-order valence-electron chi connectivity index (χ4n) is 6.15. The number of aliphatic hydroxyl groups is 1. The highest BCUT2D eigenvalue weighted by Crippen LogP contribution is 2.64. The molecule has 0 spiro atoms. The van der Waals surface area contributed by atoms with Gasteiger partial charge >= 0.3 is 0 Å². The molecule has 1 saturated heterocycles. The average Bonchev–Trinajstić information content (AvgIpc) is 3.05. The SMILES string of the molecule is Cc1ccc(N2C(=O)[C@H]3C4c5ccccc5C(CO)(c5ccccc54)[C@H]3C2=O)cc1. The Bertz CT molecular complexity index is 1170. The first kappa shape index (κ1) is 17.6. The van der Waals surface area contributed by atoms with E-state index in [0.29, 0.717) is 5.69 Å². The Morgan fingerprint density at radius 1 is 0.833 bits per heavy atom. The molecular weight excluding hydrogens is 374 g/mol. The van der Waals surface area contributed by atoms with Crippen molar-refractivity contribution < 1.29 is 14.7 Å². The fourth-order valence-corrected chi connectivity index (χ4v) is 6.15. The number of nitrogens with zero attached hydrogens (tertiary/aromatic N) is 1. The van der Waals surface area contributed by atoms with Gasteiger partial charge in [0.25, 0.3) is 0 Å². The van der Waals surface area contributed by atoms with E-state index in [1.54, 1.807) is 0 Å². The van der Waals surface area contributed by atoms with Gasteiger partial charge in [-0.1, -0.05) is 66.2 Å². The molecule has 148 valence electrons. The first-order chi connectivity index (χ1) is 14.6. The fraction of sp³-hybridized carbons (Fsp3) is 0.231. The minimum Gasteiger partial charge on any atom is -0.395 e. The molecule has 1 heterocycles. The standard InChI is InChI=1S/C26H21NO3/c1-15-10-12-16(13-11-15)27-24(29)22-21-17-6-2-4-8-19(17)26(14-28,23(22)25(27)30)20-9-5-3-7-18(20)21/h2-13,21-23,28H,14H2,1H3/t21?,22-,23+,26?/m0/s1. The second-order valence-corrected chi connectivity index (χ2v) is 8.63. The van der Waals surface area contributed by atoms with Crippen LogP contribution in [0.2, 0.25) is 0 Å². The number of hydrogen-bond donors (Lipinski definition) is 1. The summed E-state index contributed by atoms with van der Waals surface area (Å²) in [6.45, 7) is 1.76. The Labute approximate surface area is 174 Å². The van der Waals surface area contributed by atoms with Crippen molar-refractivity contribution >= 4 is 17.5 Å². The van der Waals surface area contributed by atoms with Crippen molar-refractivity contribution in [3.05, 3.63) is 101 Å². The minimum absolute atomic E-state index is 0.166. The summed E-state index contributed by atoms with van der Waals surface area (Å²) in [5.41, 5.74) is 4.83. The van der Waals surface area contributed by atoms with Gasteiger partial charge < -0.3 is 5.11 Å². The highest BCUT2D eigenvalue weighted by molar-refractivity contribution is 6.23. The predicted octanol–water partition coefficient (Wildman–Crippen LogP) is 3.54. The molecule has 1 N–H and O–H groups in total. The van der Waals surface area contributed by atoms with Crippen LogP contribution >= 0.6 is 0 Å². The zero-order valence-corrected chi connectivity index (χ0v) is 16.6. The summed E-state index contributed by atoms with van der Waals surface area (Å²) in [5.74, 6) is -1.66. The summed E-state index contributed by atoms with van der Waals surface area (Å²) in [4.78, 5) is 28.9. The molecule has 1 fully saturated rings. The Hall–Kier alpha value is -3.24. The quantitative estimate of drug-likeness (QED) is 0.676. The molecule has 0 saturated carbocycles. The molecule has 7 rings (SSSR count). The maximum Gasteiger partial charge on any atom is 0.239 e. The highest BCUT2D eigenvalue weighted by atomic mass is 16.3. The lowest BCUT2D eigenvalue weighted by Gasteiger charge is -2.53. The molecule has 0 radical (unpaired) electrons. The zero-order chi connectivity index (χ0) is 20.6. The normalized spacial score (nSPS) is 28.3. The highest BCUT2D eigenvalue weighted by Gasteiger charge is 2.68. The van der Waals surface area contributed by atoms with E-state index in [9.17, 15) is 14.7 Å². The van der Waals surface area contributed by atoms with Crippen LogP contribution in [0.3, 0.4) is 0 Å². The Morgan fingerprint density at radius 3 is 1.97 bits per heavy atom. The van der Waals surface area contributed by atoms with Gasteiger partial charge in [0.05, 0.1) is 29.5 Å². The number of imide groups is 1. The predicted molar refractivity (Wildman–Crippen MR) is 113 cm³/mol. The van der Waals surface area contributed by atoms with Crippen molar-refractivity contribution in [2.75, 3.05) is 11.5 Å². The number of carbonyl (C=O) groups is 2. The molecule has 2 amide bonds. The molecule has 4 heteroatoms. The lowest BCUT2D eigenvalue weighted by Crippen LogP contribution is -2.55. The maximum atomic E-state index is 13.8. The van der Waals surface area contributed by atoms with Crippen molar-refractivity contribution in [2.24, 2.45) is 11.8 Å². The van der Waals surface area contributed by atoms with Gasteiger partial charge in [-0.05, 0) is 41.3 Å². The smallest absolute Gasteiger partial charge is 0.239 e. The molecule has 3 aromatic rings. The molecule has 4 aliphatic rings. The Morgan fingerprint density at radius 2 is 1.40 bits per heavy atom. The monoisotopic (exact) mass is 395 g/mol. The third-order valence-electron chi connectivity index (χ3n) is 7.34. The van der Waals surface area contributed by atoms with Crippen LogP contribution in [0.15, 0.2) is 72.8 Å². The van der Waals surface area contributed by atoms with E-state index >= 15 is 0 Å². The van der Waals surface area contributed by atoms with Gasteiger partial charge in [0.15, 0.2) is 0 Å². The van der Waals surface area contributed by atoms with Gasteiger partial charge in [0, 0.05) is 5.92 Å². The van der Waals surface area contributed by atoms with Crippen LogP contribution in [-0.2, 0) is 15.0 Å². The number of rotatable bonds is 2. The molecule has 2 atom stereocenters. The van der Waals surface area contributed by atoms with E-state index in [2.05, 4.69) is 0 Å². The molecule has 3 aliphatic carbocycles. The first-order valence-corrected chi connectivity index (χ1v) is 10.3. The van der Waals surface area contributed by atoms with Crippen molar-refractivity contribution in [3.8, 4) is 0 Å². The molecule has 4 nitrogen and oxygen atoms in total. The lowest BCUT2D eigenvalue weighted by atomic mass is 9.47. The van der Waals surface area contributed by atoms with Gasteiger partial charge in [-0.3, -0.25) is 9.59 Å². The summed E-state index contributed by atoms with van der Waals surface area (Å²) in [6, 6.07) is 23.4. The van der Waals surface area contributed by atoms with Crippen molar-refractivity contribution in [3.63, 3.8) is 0 Å².